The van der Waals surface area contributed by atoms with Crippen molar-refractivity contribution in [1.29, 1.82) is 0 Å². The molecule has 0 aromatic rings. The summed E-state index contributed by atoms with van der Waals surface area (Å²) in [5.74, 6) is 0.149. The Labute approximate surface area is 149 Å². The van der Waals surface area contributed by atoms with E-state index in [-0.39, 0.29) is 11.9 Å². The van der Waals surface area contributed by atoms with Gasteiger partial charge in [-0.25, -0.2) is 0 Å². The van der Waals surface area contributed by atoms with Gasteiger partial charge in [0.25, 0.3) is 0 Å². The van der Waals surface area contributed by atoms with E-state index in [1.54, 1.807) is 0 Å². The molecule has 0 N–H and O–H groups in total. The van der Waals surface area contributed by atoms with E-state index in [0.717, 1.165) is 64.1 Å². The van der Waals surface area contributed by atoms with E-state index in [1.807, 2.05) is 0 Å². The van der Waals surface area contributed by atoms with Gasteiger partial charge in [-0.2, -0.15) is 0 Å². The minimum Gasteiger partial charge on any atom is -0.465 e. The maximum Gasteiger partial charge on any atom is 0.308 e. The summed E-state index contributed by atoms with van der Waals surface area (Å²) < 4.78 is 5.52. The number of unbranched alkanes of at least 4 members (excludes halogenated alkanes) is 10. The molecular formula is C21H40O3. The number of carbonyl (C=O) groups excluding carboxylic acids is 2. The monoisotopic (exact) mass is 340 g/mol. The third-order valence-electron chi connectivity index (χ3n) is 4.61. The Morgan fingerprint density at radius 1 is 0.792 bits per heavy atom. The number of hydrogen-bond donors (Lipinski definition) is 0. The Bertz CT molecular complexity index is 289. The van der Waals surface area contributed by atoms with Crippen molar-refractivity contribution in [3.8, 4) is 0 Å². The lowest BCUT2D eigenvalue weighted by molar-refractivity contribution is -0.149. The SMILES string of the molecule is CCCCCCC(CCCC)C(=O)OCCCCCCCCC=O. The lowest BCUT2D eigenvalue weighted by Gasteiger charge is -2.15. The third kappa shape index (κ3) is 14.7. The van der Waals surface area contributed by atoms with Crippen LogP contribution in [0, 0.1) is 5.92 Å². The Balaban J connectivity index is 3.73. The molecule has 0 aliphatic carbocycles. The molecule has 0 rings (SSSR count). The third-order valence-corrected chi connectivity index (χ3v) is 4.61. The lowest BCUT2D eigenvalue weighted by atomic mass is 9.95. The molecule has 0 aromatic heterocycles. The van der Waals surface area contributed by atoms with Crippen LogP contribution in [-0.4, -0.2) is 18.9 Å². The van der Waals surface area contributed by atoms with Gasteiger partial charge in [-0.05, 0) is 25.7 Å². The molecule has 0 bridgehead atoms. The summed E-state index contributed by atoms with van der Waals surface area (Å²) in [6.07, 6.45) is 17.4. The normalized spacial score (nSPS) is 12.1. The first kappa shape index (κ1) is 23.1. The van der Waals surface area contributed by atoms with Crippen molar-refractivity contribution >= 4 is 12.3 Å². The van der Waals surface area contributed by atoms with Crippen molar-refractivity contribution in [1.82, 2.24) is 0 Å². The fraction of sp³-hybridized carbons (Fsp3) is 0.905. The van der Waals surface area contributed by atoms with Crippen LogP contribution in [0.5, 0.6) is 0 Å². The van der Waals surface area contributed by atoms with Gasteiger partial charge in [0.1, 0.15) is 6.29 Å². The zero-order valence-electron chi connectivity index (χ0n) is 16.2. The smallest absolute Gasteiger partial charge is 0.308 e. The van der Waals surface area contributed by atoms with Crippen LogP contribution in [0.25, 0.3) is 0 Å². The van der Waals surface area contributed by atoms with E-state index >= 15 is 0 Å². The second kappa shape index (κ2) is 18.5. The number of ether oxygens (including phenoxy) is 1. The van der Waals surface area contributed by atoms with E-state index in [0.29, 0.717) is 13.0 Å². The van der Waals surface area contributed by atoms with Crippen LogP contribution >= 0.6 is 0 Å². The average molecular weight is 341 g/mol. The second-order valence-corrected chi connectivity index (χ2v) is 6.93. The van der Waals surface area contributed by atoms with Gasteiger partial charge in [-0.15, -0.1) is 0 Å². The van der Waals surface area contributed by atoms with Crippen LogP contribution in [0.4, 0.5) is 0 Å². The Kier molecular flexibility index (Phi) is 17.8. The summed E-state index contributed by atoms with van der Waals surface area (Å²) >= 11 is 0. The van der Waals surface area contributed by atoms with Gasteiger partial charge in [-0.3, -0.25) is 4.79 Å². The highest BCUT2D eigenvalue weighted by Gasteiger charge is 2.18. The van der Waals surface area contributed by atoms with Crippen molar-refractivity contribution in [3.05, 3.63) is 0 Å². The van der Waals surface area contributed by atoms with Crippen molar-refractivity contribution in [3.63, 3.8) is 0 Å². The summed E-state index contributed by atoms with van der Waals surface area (Å²) in [6.45, 7) is 4.96. The molecule has 0 aromatic carbocycles. The highest BCUT2D eigenvalue weighted by atomic mass is 16.5. The molecule has 0 fully saturated rings. The van der Waals surface area contributed by atoms with Crippen LogP contribution < -0.4 is 0 Å². The summed E-state index contributed by atoms with van der Waals surface area (Å²) in [5.41, 5.74) is 0. The van der Waals surface area contributed by atoms with Crippen LogP contribution in [0.2, 0.25) is 0 Å². The standard InChI is InChI=1S/C21H40O3/c1-3-5-7-13-17-20(16-6-4-2)21(23)24-19-15-12-10-8-9-11-14-18-22/h18,20H,3-17,19H2,1-2H3. The lowest BCUT2D eigenvalue weighted by Crippen LogP contribution is -2.18. The molecular weight excluding hydrogens is 300 g/mol. The minimum atomic E-state index is 0.0333. The largest absolute Gasteiger partial charge is 0.465 e. The van der Waals surface area contributed by atoms with E-state index in [4.69, 9.17) is 4.74 Å². The molecule has 24 heavy (non-hydrogen) atoms. The quantitative estimate of drug-likeness (QED) is 0.169. The summed E-state index contributed by atoms with van der Waals surface area (Å²) in [7, 11) is 0. The van der Waals surface area contributed by atoms with E-state index in [2.05, 4.69) is 13.8 Å². The van der Waals surface area contributed by atoms with Crippen molar-refractivity contribution < 1.29 is 14.3 Å². The van der Waals surface area contributed by atoms with Gasteiger partial charge in [0.15, 0.2) is 0 Å². The number of hydrogen-bond acceptors (Lipinski definition) is 3. The van der Waals surface area contributed by atoms with Gasteiger partial charge in [0.2, 0.25) is 0 Å². The highest BCUT2D eigenvalue weighted by Crippen LogP contribution is 2.19. The minimum absolute atomic E-state index is 0.0333. The molecule has 0 spiro atoms. The van der Waals surface area contributed by atoms with E-state index in [9.17, 15) is 9.59 Å². The fourth-order valence-corrected chi connectivity index (χ4v) is 2.98. The molecule has 0 heterocycles. The fourth-order valence-electron chi connectivity index (χ4n) is 2.98. The van der Waals surface area contributed by atoms with Crippen LogP contribution in [0.15, 0.2) is 0 Å². The van der Waals surface area contributed by atoms with Crippen molar-refractivity contribution in [2.75, 3.05) is 6.61 Å². The average Bonchev–Trinajstić information content (AvgIpc) is 2.59. The van der Waals surface area contributed by atoms with E-state index in [1.165, 1.54) is 32.1 Å². The van der Waals surface area contributed by atoms with Crippen molar-refractivity contribution in [2.45, 2.75) is 110 Å². The molecule has 0 aliphatic heterocycles. The number of carbonyl (C=O) groups is 2. The summed E-state index contributed by atoms with van der Waals surface area (Å²) in [6, 6.07) is 0. The number of esters is 1. The van der Waals surface area contributed by atoms with Gasteiger partial charge in [-0.1, -0.05) is 78.1 Å². The first-order chi connectivity index (χ1) is 11.8. The topological polar surface area (TPSA) is 43.4 Å². The summed E-state index contributed by atoms with van der Waals surface area (Å²) in [4.78, 5) is 22.5. The first-order valence-corrected chi connectivity index (χ1v) is 10.4. The molecule has 3 nitrogen and oxygen atoms in total. The number of rotatable bonds is 18. The zero-order valence-corrected chi connectivity index (χ0v) is 16.2. The highest BCUT2D eigenvalue weighted by molar-refractivity contribution is 5.72. The summed E-state index contributed by atoms with van der Waals surface area (Å²) in [5, 5.41) is 0. The maximum atomic E-state index is 12.3. The predicted molar refractivity (Wildman–Crippen MR) is 101 cm³/mol. The molecule has 0 amide bonds. The van der Waals surface area contributed by atoms with Crippen LogP contribution in [-0.2, 0) is 14.3 Å². The first-order valence-electron chi connectivity index (χ1n) is 10.4. The van der Waals surface area contributed by atoms with Crippen LogP contribution in [0.3, 0.4) is 0 Å². The molecule has 3 heteroatoms. The molecule has 1 atom stereocenters. The van der Waals surface area contributed by atoms with Gasteiger partial charge >= 0.3 is 5.97 Å². The predicted octanol–water partition coefficient (Wildman–Crippen LogP) is 6.24. The Morgan fingerprint density at radius 3 is 2.04 bits per heavy atom. The molecule has 0 saturated carbocycles. The molecule has 0 radical (unpaired) electrons. The Hall–Kier alpha value is -0.860. The number of aldehydes is 1. The van der Waals surface area contributed by atoms with Gasteiger partial charge < -0.3 is 9.53 Å². The van der Waals surface area contributed by atoms with E-state index < -0.39 is 0 Å². The maximum absolute atomic E-state index is 12.3. The molecule has 1 unspecified atom stereocenters. The molecule has 0 aliphatic rings. The second-order valence-electron chi connectivity index (χ2n) is 6.93. The van der Waals surface area contributed by atoms with Crippen molar-refractivity contribution in [2.24, 2.45) is 5.92 Å². The molecule has 142 valence electrons. The van der Waals surface area contributed by atoms with Crippen LogP contribution in [0.1, 0.15) is 110 Å². The molecule has 0 saturated heterocycles. The Morgan fingerprint density at radius 2 is 1.38 bits per heavy atom. The van der Waals surface area contributed by atoms with Gasteiger partial charge in [0.05, 0.1) is 12.5 Å². The zero-order chi connectivity index (χ0) is 17.9. The van der Waals surface area contributed by atoms with Gasteiger partial charge in [0, 0.05) is 6.42 Å².